The maximum atomic E-state index is 12.3. The molecule has 0 saturated carbocycles. The molecule has 0 saturated heterocycles. The summed E-state index contributed by atoms with van der Waals surface area (Å²) in [6.07, 6.45) is 1.63. The second kappa shape index (κ2) is 6.03. The Bertz CT molecular complexity index is 849. The molecule has 0 aliphatic rings. The highest BCUT2D eigenvalue weighted by Gasteiger charge is 2.10. The minimum atomic E-state index is -0.248. The van der Waals surface area contributed by atoms with Crippen molar-refractivity contribution in [1.29, 1.82) is 0 Å². The molecule has 3 rings (SSSR count). The van der Waals surface area contributed by atoms with Crippen LogP contribution in [0.4, 0.5) is 5.69 Å². The number of pyridine rings is 1. The van der Waals surface area contributed by atoms with E-state index in [1.54, 1.807) is 24.4 Å². The maximum Gasteiger partial charge on any atom is 0.255 e. The molecule has 3 aromatic rings. The number of rotatable bonds is 3. The molecule has 22 heavy (non-hydrogen) atoms. The van der Waals surface area contributed by atoms with E-state index in [0.29, 0.717) is 22.0 Å². The Morgan fingerprint density at radius 3 is 2.77 bits per heavy atom. The number of methoxy groups -OCH3 is 1. The first kappa shape index (κ1) is 14.4. The van der Waals surface area contributed by atoms with Gasteiger partial charge >= 0.3 is 0 Å². The largest absolute Gasteiger partial charge is 0.495 e. The van der Waals surface area contributed by atoms with Gasteiger partial charge in [0.1, 0.15) is 5.75 Å². The van der Waals surface area contributed by atoms with Crippen molar-refractivity contribution in [2.24, 2.45) is 0 Å². The van der Waals surface area contributed by atoms with E-state index in [9.17, 15) is 4.79 Å². The Morgan fingerprint density at radius 2 is 2.00 bits per heavy atom. The molecule has 1 amide bonds. The molecule has 1 heterocycles. The Labute approximate surface area is 132 Å². The number of benzene rings is 2. The number of para-hydroxylation sites is 1. The number of aromatic nitrogens is 1. The molecule has 0 fully saturated rings. The summed E-state index contributed by atoms with van der Waals surface area (Å²) in [5, 5.41) is 4.18. The first-order chi connectivity index (χ1) is 10.7. The van der Waals surface area contributed by atoms with Gasteiger partial charge in [0.2, 0.25) is 0 Å². The molecule has 1 N–H and O–H groups in total. The molecule has 0 bridgehead atoms. The lowest BCUT2D eigenvalue weighted by Gasteiger charge is -2.08. The van der Waals surface area contributed by atoms with Crippen LogP contribution in [0.25, 0.3) is 10.9 Å². The summed E-state index contributed by atoms with van der Waals surface area (Å²) < 4.78 is 5.07. The number of hydrogen-bond acceptors (Lipinski definition) is 3. The summed E-state index contributed by atoms with van der Waals surface area (Å²) in [5.41, 5.74) is 1.97. The molecule has 0 spiro atoms. The van der Waals surface area contributed by atoms with Crippen molar-refractivity contribution >= 4 is 34.1 Å². The van der Waals surface area contributed by atoms with Gasteiger partial charge in [-0.15, -0.1) is 0 Å². The normalized spacial score (nSPS) is 10.5. The maximum absolute atomic E-state index is 12.3. The van der Waals surface area contributed by atoms with Crippen LogP contribution in [0, 0.1) is 0 Å². The smallest absolute Gasteiger partial charge is 0.255 e. The quantitative estimate of drug-likeness (QED) is 0.790. The van der Waals surface area contributed by atoms with Crippen molar-refractivity contribution < 1.29 is 9.53 Å². The van der Waals surface area contributed by atoms with Crippen LogP contribution in [-0.4, -0.2) is 18.0 Å². The minimum Gasteiger partial charge on any atom is -0.495 e. The van der Waals surface area contributed by atoms with Crippen molar-refractivity contribution in [3.63, 3.8) is 0 Å². The van der Waals surface area contributed by atoms with Gasteiger partial charge in [0.15, 0.2) is 0 Å². The molecule has 0 aliphatic carbocycles. The van der Waals surface area contributed by atoms with Gasteiger partial charge in [0.25, 0.3) is 5.91 Å². The summed E-state index contributed by atoms with van der Waals surface area (Å²) in [4.78, 5) is 16.6. The van der Waals surface area contributed by atoms with Crippen LogP contribution in [0.2, 0.25) is 5.02 Å². The Kier molecular flexibility index (Phi) is 3.94. The van der Waals surface area contributed by atoms with E-state index in [1.807, 2.05) is 30.3 Å². The van der Waals surface area contributed by atoms with E-state index in [4.69, 9.17) is 16.3 Å². The standard InChI is InChI=1S/C17H13ClN2O2/c1-22-16-7-6-12(9-14(16)18)17(21)20-13-8-11-4-2-3-5-15(11)19-10-13/h2-10H,1H3,(H,20,21). The molecular formula is C17H13ClN2O2. The van der Waals surface area contributed by atoms with E-state index in [2.05, 4.69) is 10.3 Å². The van der Waals surface area contributed by atoms with E-state index < -0.39 is 0 Å². The molecule has 0 aliphatic heterocycles. The molecular weight excluding hydrogens is 300 g/mol. The molecule has 4 nitrogen and oxygen atoms in total. The lowest BCUT2D eigenvalue weighted by atomic mass is 10.2. The van der Waals surface area contributed by atoms with Gasteiger partial charge in [-0.05, 0) is 30.3 Å². The Morgan fingerprint density at radius 1 is 1.18 bits per heavy atom. The van der Waals surface area contributed by atoms with Crippen LogP contribution >= 0.6 is 11.6 Å². The molecule has 0 atom stereocenters. The summed E-state index contributed by atoms with van der Waals surface area (Å²) in [7, 11) is 1.53. The van der Waals surface area contributed by atoms with Crippen LogP contribution in [0.3, 0.4) is 0 Å². The number of nitrogens with one attached hydrogen (secondary N) is 1. The number of halogens is 1. The van der Waals surface area contributed by atoms with Gasteiger partial charge in [-0.1, -0.05) is 29.8 Å². The summed E-state index contributed by atoms with van der Waals surface area (Å²) in [6, 6.07) is 14.5. The number of anilines is 1. The SMILES string of the molecule is COc1ccc(C(=O)Nc2cnc3ccccc3c2)cc1Cl. The highest BCUT2D eigenvalue weighted by Crippen LogP contribution is 2.25. The van der Waals surface area contributed by atoms with E-state index in [-0.39, 0.29) is 5.91 Å². The molecule has 1 aromatic heterocycles. The van der Waals surface area contributed by atoms with Gasteiger partial charge in [0.05, 0.1) is 29.5 Å². The molecule has 5 heteroatoms. The first-order valence-corrected chi connectivity index (χ1v) is 7.05. The van der Waals surface area contributed by atoms with Gasteiger partial charge in [-0.3, -0.25) is 9.78 Å². The third-order valence-corrected chi connectivity index (χ3v) is 3.56. The second-order valence-electron chi connectivity index (χ2n) is 4.72. The zero-order valence-corrected chi connectivity index (χ0v) is 12.6. The topological polar surface area (TPSA) is 51.2 Å². The van der Waals surface area contributed by atoms with Crippen LogP contribution in [0.1, 0.15) is 10.4 Å². The van der Waals surface area contributed by atoms with Crippen LogP contribution in [0.5, 0.6) is 5.75 Å². The highest BCUT2D eigenvalue weighted by molar-refractivity contribution is 6.32. The predicted octanol–water partition coefficient (Wildman–Crippen LogP) is 4.15. The molecule has 0 unspecified atom stereocenters. The van der Waals surface area contributed by atoms with Gasteiger partial charge in [-0.2, -0.15) is 0 Å². The third-order valence-electron chi connectivity index (χ3n) is 3.26. The summed E-state index contributed by atoms with van der Waals surface area (Å²) >= 11 is 6.04. The predicted molar refractivity (Wildman–Crippen MR) is 87.7 cm³/mol. The summed E-state index contributed by atoms with van der Waals surface area (Å²) in [5.74, 6) is 0.284. The van der Waals surface area contributed by atoms with Crippen LogP contribution < -0.4 is 10.1 Å². The number of amides is 1. The first-order valence-electron chi connectivity index (χ1n) is 6.67. The van der Waals surface area contributed by atoms with E-state index >= 15 is 0 Å². The minimum absolute atomic E-state index is 0.248. The number of fused-ring (bicyclic) bond motifs is 1. The monoisotopic (exact) mass is 312 g/mol. The molecule has 110 valence electrons. The van der Waals surface area contributed by atoms with Crippen molar-refractivity contribution in [3.05, 3.63) is 65.3 Å². The van der Waals surface area contributed by atoms with Crippen molar-refractivity contribution in [2.45, 2.75) is 0 Å². The van der Waals surface area contributed by atoms with Gasteiger partial charge in [0, 0.05) is 10.9 Å². The van der Waals surface area contributed by atoms with Crippen molar-refractivity contribution in [1.82, 2.24) is 4.98 Å². The van der Waals surface area contributed by atoms with E-state index in [1.165, 1.54) is 7.11 Å². The average molecular weight is 313 g/mol. The average Bonchev–Trinajstić information content (AvgIpc) is 2.54. The molecule has 2 aromatic carbocycles. The zero-order valence-electron chi connectivity index (χ0n) is 11.8. The zero-order chi connectivity index (χ0) is 15.5. The van der Waals surface area contributed by atoms with Crippen LogP contribution in [0.15, 0.2) is 54.7 Å². The van der Waals surface area contributed by atoms with E-state index in [0.717, 1.165) is 10.9 Å². The number of hydrogen-bond donors (Lipinski definition) is 1. The second-order valence-corrected chi connectivity index (χ2v) is 5.13. The molecule has 0 radical (unpaired) electrons. The number of carbonyl (C=O) groups is 1. The summed E-state index contributed by atoms with van der Waals surface area (Å²) in [6.45, 7) is 0. The van der Waals surface area contributed by atoms with Crippen molar-refractivity contribution in [3.8, 4) is 5.75 Å². The lowest BCUT2D eigenvalue weighted by Crippen LogP contribution is -2.12. The lowest BCUT2D eigenvalue weighted by molar-refractivity contribution is 0.102. The number of ether oxygens (including phenoxy) is 1. The van der Waals surface area contributed by atoms with Gasteiger partial charge in [-0.25, -0.2) is 0 Å². The fourth-order valence-corrected chi connectivity index (χ4v) is 2.41. The number of carbonyl (C=O) groups excluding carboxylic acids is 1. The van der Waals surface area contributed by atoms with Crippen molar-refractivity contribution in [2.75, 3.05) is 12.4 Å². The third kappa shape index (κ3) is 2.87. The van der Waals surface area contributed by atoms with Gasteiger partial charge < -0.3 is 10.1 Å². The Hall–Kier alpha value is -2.59. The van der Waals surface area contributed by atoms with Crippen LogP contribution in [-0.2, 0) is 0 Å². The fraction of sp³-hybridized carbons (Fsp3) is 0.0588. The highest BCUT2D eigenvalue weighted by atomic mass is 35.5. The fourth-order valence-electron chi connectivity index (χ4n) is 2.15. The number of nitrogens with zero attached hydrogens (tertiary/aromatic N) is 1. The Balaban J connectivity index is 1.84.